The van der Waals surface area contributed by atoms with Crippen molar-refractivity contribution in [1.82, 2.24) is 4.98 Å². The summed E-state index contributed by atoms with van der Waals surface area (Å²) in [6.07, 6.45) is 7.77. The molecule has 38 heavy (non-hydrogen) atoms. The van der Waals surface area contributed by atoms with E-state index in [1.165, 1.54) is 0 Å². The van der Waals surface area contributed by atoms with Gasteiger partial charge >= 0.3 is 13.1 Å². The minimum absolute atomic E-state index is 0.0925. The number of pyridine rings is 1. The van der Waals surface area contributed by atoms with Gasteiger partial charge in [0, 0.05) is 18.8 Å². The molecule has 1 fully saturated rings. The lowest BCUT2D eigenvalue weighted by Gasteiger charge is -2.32. The van der Waals surface area contributed by atoms with E-state index in [4.69, 9.17) is 23.9 Å². The van der Waals surface area contributed by atoms with Gasteiger partial charge in [0.25, 0.3) is 0 Å². The zero-order valence-corrected chi connectivity index (χ0v) is 23.2. The summed E-state index contributed by atoms with van der Waals surface area (Å²) < 4.78 is 24.4. The monoisotopic (exact) mass is 521 g/mol. The van der Waals surface area contributed by atoms with Crippen LogP contribution < -0.4 is 4.74 Å². The van der Waals surface area contributed by atoms with Crippen LogP contribution in [0.15, 0.2) is 72.5 Å². The topological polar surface area (TPSA) is 87.1 Å². The van der Waals surface area contributed by atoms with Crippen molar-refractivity contribution in [2.24, 2.45) is 0 Å². The molecule has 0 spiro atoms. The Bertz CT molecular complexity index is 1100. The first-order chi connectivity index (χ1) is 18.1. The molecule has 7 nitrogen and oxygen atoms in total. The Morgan fingerprint density at radius 1 is 1.16 bits per heavy atom. The first-order valence-electron chi connectivity index (χ1n) is 13.3. The molecule has 1 aromatic heterocycles. The van der Waals surface area contributed by atoms with Crippen LogP contribution in [0, 0.1) is 0 Å². The minimum Gasteiger partial charge on any atom is -0.491 e. The third kappa shape index (κ3) is 7.56. The maximum atomic E-state index is 13.0. The van der Waals surface area contributed by atoms with Gasteiger partial charge in [-0.15, -0.1) is 0 Å². The van der Waals surface area contributed by atoms with Crippen molar-refractivity contribution in [2.75, 3.05) is 13.2 Å². The van der Waals surface area contributed by atoms with Crippen molar-refractivity contribution < 1.29 is 28.7 Å². The van der Waals surface area contributed by atoms with Crippen molar-refractivity contribution in [2.45, 2.75) is 77.6 Å². The van der Waals surface area contributed by atoms with Crippen LogP contribution in [0.3, 0.4) is 0 Å². The molecule has 1 saturated heterocycles. The summed E-state index contributed by atoms with van der Waals surface area (Å²) >= 11 is 0. The van der Waals surface area contributed by atoms with Crippen LogP contribution in [0.4, 0.5) is 0 Å². The summed E-state index contributed by atoms with van der Waals surface area (Å²) in [5.74, 6) is 0.137. The molecular weight excluding hydrogens is 481 g/mol. The number of carbonyl (C=O) groups excluding carboxylic acids is 1. The summed E-state index contributed by atoms with van der Waals surface area (Å²) in [7, 11) is -0.569. The molecule has 0 saturated carbocycles. The number of aromatic nitrogens is 1. The van der Waals surface area contributed by atoms with Crippen molar-refractivity contribution in [1.29, 1.82) is 0 Å². The molecular formula is C30H40BNO6. The molecule has 1 atom stereocenters. The van der Waals surface area contributed by atoms with E-state index in [-0.39, 0.29) is 13.2 Å². The van der Waals surface area contributed by atoms with E-state index in [9.17, 15) is 4.79 Å². The average molecular weight is 521 g/mol. The number of hydrogen-bond donors (Lipinski definition) is 1. The first kappa shape index (κ1) is 29.6. The van der Waals surface area contributed by atoms with Crippen LogP contribution in [-0.4, -0.2) is 47.6 Å². The zero-order chi connectivity index (χ0) is 27.8. The number of rotatable bonds is 13. The number of allylic oxidation sites excluding steroid dienone is 2. The lowest BCUT2D eigenvalue weighted by atomic mass is 9.72. The Balaban J connectivity index is 1.94. The highest BCUT2D eigenvalue weighted by molar-refractivity contribution is 6.56. The molecule has 2 heterocycles. The number of ether oxygens (including phenoxy) is 2. The van der Waals surface area contributed by atoms with Crippen molar-refractivity contribution >= 4 is 13.1 Å². The standard InChI is InChI=1S/C30H40BNO6/c1-7-8-10-22(2)26(31-37-29(3,4)30(5,6)38-31)13-14-27(36-28(34)23-15-17-32-18-16-23)24-11-9-12-25(21-24)35-20-19-33/h9,11-13,15-18,21,27,33H,2,7-8,10,14,19-20H2,1,3-6H3/b26-13-/t27-/m1/s1. The third-order valence-corrected chi connectivity index (χ3v) is 7.05. The number of aliphatic hydroxyl groups excluding tert-OH is 1. The summed E-state index contributed by atoms with van der Waals surface area (Å²) in [6.45, 7) is 14.7. The molecule has 0 aliphatic carbocycles. The van der Waals surface area contributed by atoms with E-state index in [2.05, 4.69) is 18.5 Å². The van der Waals surface area contributed by atoms with Gasteiger partial charge in [-0.25, -0.2) is 4.79 Å². The number of hydrogen-bond acceptors (Lipinski definition) is 7. The van der Waals surface area contributed by atoms with Gasteiger partial charge in [-0.2, -0.15) is 0 Å². The van der Waals surface area contributed by atoms with E-state index < -0.39 is 30.4 Å². The van der Waals surface area contributed by atoms with E-state index in [1.807, 2.05) is 52.0 Å². The fraction of sp³-hybridized carbons (Fsp3) is 0.467. The van der Waals surface area contributed by atoms with E-state index in [1.54, 1.807) is 30.6 Å². The largest absolute Gasteiger partial charge is 0.494 e. The van der Waals surface area contributed by atoms with Crippen LogP contribution in [-0.2, 0) is 14.0 Å². The maximum Gasteiger partial charge on any atom is 0.494 e. The molecule has 1 aromatic carbocycles. The third-order valence-electron chi connectivity index (χ3n) is 7.05. The van der Waals surface area contributed by atoms with Crippen LogP contribution in [0.2, 0.25) is 0 Å². The second-order valence-electron chi connectivity index (χ2n) is 10.5. The zero-order valence-electron chi connectivity index (χ0n) is 23.2. The van der Waals surface area contributed by atoms with Crippen molar-refractivity contribution in [3.63, 3.8) is 0 Å². The Kier molecular flexibility index (Phi) is 10.3. The van der Waals surface area contributed by atoms with E-state index >= 15 is 0 Å². The number of benzene rings is 1. The van der Waals surface area contributed by atoms with Gasteiger partial charge in [0.1, 0.15) is 18.5 Å². The highest BCUT2D eigenvalue weighted by atomic mass is 16.7. The summed E-state index contributed by atoms with van der Waals surface area (Å²) in [6, 6.07) is 10.6. The van der Waals surface area contributed by atoms with Crippen LogP contribution in [0.25, 0.3) is 0 Å². The summed E-state index contributed by atoms with van der Waals surface area (Å²) in [5.41, 5.74) is 2.02. The number of aliphatic hydroxyl groups is 1. The molecule has 3 rings (SSSR count). The second-order valence-corrected chi connectivity index (χ2v) is 10.5. The highest BCUT2D eigenvalue weighted by Gasteiger charge is 2.52. The Morgan fingerprint density at radius 2 is 1.84 bits per heavy atom. The Hall–Kier alpha value is -2.94. The maximum absolute atomic E-state index is 13.0. The predicted molar refractivity (Wildman–Crippen MR) is 149 cm³/mol. The average Bonchev–Trinajstić information content (AvgIpc) is 3.12. The Morgan fingerprint density at radius 3 is 2.47 bits per heavy atom. The van der Waals surface area contributed by atoms with Gasteiger partial charge < -0.3 is 23.9 Å². The molecule has 0 amide bonds. The van der Waals surface area contributed by atoms with Gasteiger partial charge in [0.05, 0.1) is 23.4 Å². The molecule has 1 N–H and O–H groups in total. The number of unbranched alkanes of at least 4 members (excludes halogenated alkanes) is 1. The highest BCUT2D eigenvalue weighted by Crippen LogP contribution is 2.40. The SMILES string of the molecule is C=C(CCCC)/C(=C/C[C@@H](OC(=O)c1ccncc1)c1cccc(OCCO)c1)B1OC(C)(C)C(C)(C)O1. The minimum atomic E-state index is -0.607. The number of esters is 1. The van der Waals surface area contributed by atoms with Crippen molar-refractivity contribution in [3.05, 3.63) is 83.6 Å². The number of carbonyl (C=O) groups is 1. The normalized spacial score (nSPS) is 17.2. The molecule has 204 valence electrons. The molecule has 1 aliphatic heterocycles. The van der Waals surface area contributed by atoms with Gasteiger partial charge in [-0.1, -0.05) is 43.7 Å². The number of nitrogens with zero attached hydrogens (tertiary/aromatic N) is 1. The Labute approximate surface area is 227 Å². The summed E-state index contributed by atoms with van der Waals surface area (Å²) in [5, 5.41) is 9.15. The molecule has 2 aromatic rings. The van der Waals surface area contributed by atoms with Gasteiger partial charge in [-0.05, 0) is 75.8 Å². The molecule has 8 heteroatoms. The lowest BCUT2D eigenvalue weighted by molar-refractivity contribution is 0.00578. The van der Waals surface area contributed by atoms with Gasteiger partial charge in [-0.3, -0.25) is 4.98 Å². The smallest absolute Gasteiger partial charge is 0.491 e. The molecule has 0 radical (unpaired) electrons. The second kappa shape index (κ2) is 13.2. The quantitative estimate of drug-likeness (QED) is 0.195. The van der Waals surface area contributed by atoms with Gasteiger partial charge in [0.2, 0.25) is 0 Å². The molecule has 0 unspecified atom stereocenters. The van der Waals surface area contributed by atoms with Crippen LogP contribution in [0.5, 0.6) is 5.75 Å². The summed E-state index contributed by atoms with van der Waals surface area (Å²) in [4.78, 5) is 17.0. The van der Waals surface area contributed by atoms with E-state index in [0.717, 1.165) is 35.9 Å². The fourth-order valence-electron chi connectivity index (χ4n) is 4.05. The first-order valence-corrected chi connectivity index (χ1v) is 13.3. The molecule has 0 bridgehead atoms. The van der Waals surface area contributed by atoms with Gasteiger partial charge in [0.15, 0.2) is 0 Å². The van der Waals surface area contributed by atoms with Crippen LogP contribution >= 0.6 is 0 Å². The van der Waals surface area contributed by atoms with Crippen molar-refractivity contribution in [3.8, 4) is 5.75 Å². The van der Waals surface area contributed by atoms with E-state index in [0.29, 0.717) is 17.7 Å². The molecule has 1 aliphatic rings. The predicted octanol–water partition coefficient (Wildman–Crippen LogP) is 6.05. The fourth-order valence-corrected chi connectivity index (χ4v) is 4.05. The lowest BCUT2D eigenvalue weighted by Crippen LogP contribution is -2.41. The van der Waals surface area contributed by atoms with Crippen LogP contribution in [0.1, 0.15) is 82.3 Å².